The summed E-state index contributed by atoms with van der Waals surface area (Å²) in [7, 11) is 1.30. The van der Waals surface area contributed by atoms with E-state index in [0.29, 0.717) is 22.4 Å². The first-order chi connectivity index (χ1) is 15.8. The van der Waals surface area contributed by atoms with Crippen LogP contribution < -0.4 is 15.4 Å². The zero-order valence-corrected chi connectivity index (χ0v) is 17.8. The number of thiocarbonyl (C=S) groups is 1. The molecule has 0 fully saturated rings. The van der Waals surface area contributed by atoms with Crippen LogP contribution in [-0.4, -0.2) is 38.0 Å². The molecular weight excluding hydrogens is 451 g/mol. The molecule has 0 aliphatic carbocycles. The van der Waals surface area contributed by atoms with Gasteiger partial charge in [-0.3, -0.25) is 20.2 Å². The number of rotatable bonds is 5. The first-order valence-electron chi connectivity index (χ1n) is 9.42. The predicted octanol–water partition coefficient (Wildman–Crippen LogP) is 3.60. The average Bonchev–Trinajstić information content (AvgIpc) is 3.22. The van der Waals surface area contributed by atoms with Crippen LogP contribution in [0.3, 0.4) is 0 Å². The number of halogens is 1. The number of carbonyl (C=O) groups is 1. The highest BCUT2D eigenvalue weighted by molar-refractivity contribution is 7.80. The third kappa shape index (κ3) is 4.75. The van der Waals surface area contributed by atoms with Crippen LogP contribution in [0.1, 0.15) is 10.4 Å². The van der Waals surface area contributed by atoms with E-state index in [2.05, 4.69) is 20.8 Å². The van der Waals surface area contributed by atoms with Gasteiger partial charge in [0.15, 0.2) is 10.9 Å². The summed E-state index contributed by atoms with van der Waals surface area (Å²) in [5.41, 5.74) is 2.00. The van der Waals surface area contributed by atoms with Gasteiger partial charge in [0.1, 0.15) is 16.9 Å². The Morgan fingerprint density at radius 2 is 1.82 bits per heavy atom. The highest BCUT2D eigenvalue weighted by Crippen LogP contribution is 2.27. The van der Waals surface area contributed by atoms with Gasteiger partial charge in [0.25, 0.3) is 5.91 Å². The summed E-state index contributed by atoms with van der Waals surface area (Å²) in [6.07, 6.45) is 0. The summed E-state index contributed by atoms with van der Waals surface area (Å²) in [4.78, 5) is 24.4. The summed E-state index contributed by atoms with van der Waals surface area (Å²) in [6.45, 7) is 0. The molecule has 0 atom stereocenters. The summed E-state index contributed by atoms with van der Waals surface area (Å²) in [6, 6.07) is 14.7. The molecule has 0 aliphatic rings. The highest BCUT2D eigenvalue weighted by Gasteiger charge is 2.19. The zero-order valence-electron chi connectivity index (χ0n) is 17.0. The molecule has 0 unspecified atom stereocenters. The quantitative estimate of drug-likeness (QED) is 0.260. The molecule has 0 radical (unpaired) electrons. The maximum atomic E-state index is 13.1. The second-order valence-electron chi connectivity index (χ2n) is 6.72. The molecule has 10 nitrogen and oxygen atoms in total. The van der Waals surface area contributed by atoms with Gasteiger partial charge in [0, 0.05) is 17.3 Å². The number of ether oxygens (including phenoxy) is 1. The fourth-order valence-electron chi connectivity index (χ4n) is 2.99. The predicted molar refractivity (Wildman–Crippen MR) is 122 cm³/mol. The number of nitro groups is 1. The van der Waals surface area contributed by atoms with Gasteiger partial charge < -0.3 is 10.1 Å². The summed E-state index contributed by atoms with van der Waals surface area (Å²) in [5.74, 6) is -0.942. The van der Waals surface area contributed by atoms with Gasteiger partial charge in [-0.15, -0.1) is 10.2 Å². The first-order valence-corrected chi connectivity index (χ1v) is 9.82. The van der Waals surface area contributed by atoms with Crippen LogP contribution in [0.2, 0.25) is 0 Å². The second kappa shape index (κ2) is 8.96. The molecule has 0 saturated heterocycles. The average molecular weight is 466 g/mol. The first kappa shape index (κ1) is 21.8. The van der Waals surface area contributed by atoms with Crippen LogP contribution in [0, 0.1) is 15.9 Å². The Balaban J connectivity index is 1.47. The number of benzene rings is 3. The van der Waals surface area contributed by atoms with Crippen molar-refractivity contribution in [3.63, 3.8) is 0 Å². The molecule has 0 bridgehead atoms. The minimum absolute atomic E-state index is 0.0104. The molecule has 1 aromatic heterocycles. The van der Waals surface area contributed by atoms with Crippen LogP contribution in [0.25, 0.3) is 16.7 Å². The molecular formula is C21H15FN6O4S. The van der Waals surface area contributed by atoms with E-state index in [9.17, 15) is 19.3 Å². The Morgan fingerprint density at radius 1 is 1.09 bits per heavy atom. The Morgan fingerprint density at radius 3 is 2.52 bits per heavy atom. The Hall–Kier alpha value is -4.45. The van der Waals surface area contributed by atoms with Crippen LogP contribution in [-0.2, 0) is 0 Å². The zero-order chi connectivity index (χ0) is 23.5. The number of carbonyl (C=O) groups excluding carboxylic acids is 1. The van der Waals surface area contributed by atoms with Crippen molar-refractivity contribution < 1.29 is 18.8 Å². The number of hydrogen-bond acceptors (Lipinski definition) is 7. The molecule has 4 aromatic rings. The second-order valence-corrected chi connectivity index (χ2v) is 7.13. The summed E-state index contributed by atoms with van der Waals surface area (Å²) >= 11 is 5.18. The van der Waals surface area contributed by atoms with E-state index in [0.717, 1.165) is 6.07 Å². The van der Waals surface area contributed by atoms with Crippen molar-refractivity contribution >= 4 is 45.6 Å². The lowest BCUT2D eigenvalue weighted by atomic mass is 10.1. The number of hydrogen-bond donors (Lipinski definition) is 2. The number of nitro benzene ring substituents is 1. The van der Waals surface area contributed by atoms with E-state index < -0.39 is 10.8 Å². The van der Waals surface area contributed by atoms with Crippen LogP contribution in [0.4, 0.5) is 15.8 Å². The molecule has 0 saturated carbocycles. The van der Waals surface area contributed by atoms with Gasteiger partial charge in [-0.25, -0.2) is 4.39 Å². The van der Waals surface area contributed by atoms with Gasteiger partial charge in [0.2, 0.25) is 0 Å². The van der Waals surface area contributed by atoms with E-state index in [4.69, 9.17) is 17.0 Å². The lowest BCUT2D eigenvalue weighted by Gasteiger charge is -2.10. The van der Waals surface area contributed by atoms with Crippen molar-refractivity contribution in [2.45, 2.75) is 0 Å². The highest BCUT2D eigenvalue weighted by atomic mass is 32.1. The van der Waals surface area contributed by atoms with Crippen molar-refractivity contribution in [3.8, 4) is 11.4 Å². The minimum atomic E-state index is -0.638. The van der Waals surface area contributed by atoms with Gasteiger partial charge in [-0.2, -0.15) is 4.80 Å². The van der Waals surface area contributed by atoms with E-state index in [1.807, 2.05) is 0 Å². The van der Waals surface area contributed by atoms with Crippen LogP contribution in [0.5, 0.6) is 5.75 Å². The third-order valence-electron chi connectivity index (χ3n) is 4.56. The van der Waals surface area contributed by atoms with Gasteiger partial charge in [0.05, 0.1) is 17.7 Å². The van der Waals surface area contributed by atoms with Crippen molar-refractivity contribution in [2.75, 3.05) is 12.4 Å². The van der Waals surface area contributed by atoms with Crippen molar-refractivity contribution in [1.82, 2.24) is 20.3 Å². The van der Waals surface area contributed by atoms with E-state index >= 15 is 0 Å². The normalized spacial score (nSPS) is 10.6. The van der Waals surface area contributed by atoms with Crippen molar-refractivity contribution in [2.24, 2.45) is 0 Å². The number of anilines is 1. The maximum Gasteiger partial charge on any atom is 0.311 e. The van der Waals surface area contributed by atoms with E-state index in [1.165, 1.54) is 36.2 Å². The molecule has 0 aliphatic heterocycles. The SMILES string of the molecule is COc1ccc(C(=O)NC(=S)Nc2ccc3nn(-c4ccc(F)cc4)nc3c2)cc1[N+](=O)[O-]. The number of aromatic nitrogens is 3. The molecule has 1 amide bonds. The topological polar surface area (TPSA) is 124 Å². The lowest BCUT2D eigenvalue weighted by Crippen LogP contribution is -2.34. The van der Waals surface area contributed by atoms with E-state index in [-0.39, 0.29) is 27.9 Å². The van der Waals surface area contributed by atoms with Crippen LogP contribution >= 0.6 is 12.2 Å². The number of nitrogens with one attached hydrogen (secondary N) is 2. The van der Waals surface area contributed by atoms with Gasteiger partial charge in [-0.05, 0) is 66.8 Å². The number of amides is 1. The molecule has 1 heterocycles. The Kier molecular flexibility index (Phi) is 5.91. The number of nitrogens with zero attached hydrogens (tertiary/aromatic N) is 4. The monoisotopic (exact) mass is 466 g/mol. The fourth-order valence-corrected chi connectivity index (χ4v) is 3.20. The van der Waals surface area contributed by atoms with Gasteiger partial charge in [-0.1, -0.05) is 0 Å². The van der Waals surface area contributed by atoms with Crippen LogP contribution in [0.15, 0.2) is 60.7 Å². The summed E-state index contributed by atoms with van der Waals surface area (Å²) < 4.78 is 18.1. The number of fused-ring (bicyclic) bond motifs is 1. The smallest absolute Gasteiger partial charge is 0.311 e. The molecule has 166 valence electrons. The van der Waals surface area contributed by atoms with E-state index in [1.54, 1.807) is 30.3 Å². The van der Waals surface area contributed by atoms with Crippen molar-refractivity contribution in [1.29, 1.82) is 0 Å². The molecule has 33 heavy (non-hydrogen) atoms. The molecule has 12 heteroatoms. The summed E-state index contributed by atoms with van der Waals surface area (Å²) in [5, 5.41) is 25.2. The third-order valence-corrected chi connectivity index (χ3v) is 4.76. The Labute approximate surface area is 191 Å². The number of methoxy groups -OCH3 is 1. The minimum Gasteiger partial charge on any atom is -0.490 e. The lowest BCUT2D eigenvalue weighted by molar-refractivity contribution is -0.385. The molecule has 2 N–H and O–H groups in total. The largest absolute Gasteiger partial charge is 0.490 e. The fraction of sp³-hybridized carbons (Fsp3) is 0.0476. The molecule has 4 rings (SSSR count). The Bertz CT molecular complexity index is 1390. The van der Waals surface area contributed by atoms with Gasteiger partial charge >= 0.3 is 5.69 Å². The molecule has 3 aromatic carbocycles. The molecule has 0 spiro atoms. The van der Waals surface area contributed by atoms with Crippen molar-refractivity contribution in [3.05, 3.63) is 82.2 Å². The maximum absolute atomic E-state index is 13.1. The standard InChI is InChI=1S/C21H15FN6O4S/c1-32-19-9-2-12(10-18(19)28(30)31)20(29)24-21(33)23-14-5-8-16-17(11-14)26-27(25-16)15-6-3-13(22)4-7-15/h2-11H,1H3,(H2,23,24,29,33).